The second-order valence-corrected chi connectivity index (χ2v) is 4.89. The standard InChI is InChI=1S/C15H22FN5O2/c1-4-17-15(19-10-14(23)21(2)3)18-9-13(22)20-12-7-5-11(16)6-8-12/h5-8H,4,9-10H2,1-3H3,(H,20,22)(H2,17,18,19). The van der Waals surface area contributed by atoms with Crippen LogP contribution in [-0.2, 0) is 9.59 Å². The summed E-state index contributed by atoms with van der Waals surface area (Å²) >= 11 is 0. The van der Waals surface area contributed by atoms with E-state index in [1.54, 1.807) is 14.1 Å². The topological polar surface area (TPSA) is 85.8 Å². The number of nitrogens with one attached hydrogen (secondary N) is 3. The Morgan fingerprint density at radius 3 is 2.39 bits per heavy atom. The Balaban J connectivity index is 2.53. The lowest BCUT2D eigenvalue weighted by Gasteiger charge is -2.14. The van der Waals surface area contributed by atoms with Crippen LogP contribution in [0.2, 0.25) is 0 Å². The third-order valence-electron chi connectivity index (χ3n) is 2.76. The molecule has 0 atom stereocenters. The highest BCUT2D eigenvalue weighted by molar-refractivity contribution is 5.94. The molecule has 0 bridgehead atoms. The van der Waals surface area contributed by atoms with Gasteiger partial charge in [0, 0.05) is 26.3 Å². The van der Waals surface area contributed by atoms with Crippen LogP contribution >= 0.6 is 0 Å². The Morgan fingerprint density at radius 2 is 1.83 bits per heavy atom. The summed E-state index contributed by atoms with van der Waals surface area (Å²) in [4.78, 5) is 28.9. The minimum absolute atomic E-state index is 0.0818. The maximum atomic E-state index is 12.8. The molecule has 8 heteroatoms. The summed E-state index contributed by atoms with van der Waals surface area (Å²) in [5.41, 5.74) is 0.493. The van der Waals surface area contributed by atoms with Gasteiger partial charge in [-0.1, -0.05) is 0 Å². The van der Waals surface area contributed by atoms with Gasteiger partial charge in [0.1, 0.15) is 12.4 Å². The fourth-order valence-corrected chi connectivity index (χ4v) is 1.54. The highest BCUT2D eigenvalue weighted by Gasteiger charge is 2.06. The second kappa shape index (κ2) is 9.39. The minimum atomic E-state index is -0.370. The fourth-order valence-electron chi connectivity index (χ4n) is 1.54. The number of guanidine groups is 1. The first-order valence-electron chi connectivity index (χ1n) is 7.20. The second-order valence-electron chi connectivity index (χ2n) is 4.89. The summed E-state index contributed by atoms with van der Waals surface area (Å²) in [6, 6.07) is 5.46. The first kappa shape index (κ1) is 18.4. The van der Waals surface area contributed by atoms with Gasteiger partial charge in [0.05, 0.1) is 6.54 Å². The highest BCUT2D eigenvalue weighted by atomic mass is 19.1. The molecule has 3 N–H and O–H groups in total. The van der Waals surface area contributed by atoms with Crippen molar-refractivity contribution in [2.45, 2.75) is 6.92 Å². The number of carbonyl (C=O) groups excluding carboxylic acids is 2. The average Bonchev–Trinajstić information content (AvgIpc) is 2.51. The molecule has 0 spiro atoms. The summed E-state index contributed by atoms with van der Waals surface area (Å²) in [5.74, 6) is -0.443. The number of aliphatic imine (C=N–C) groups is 1. The predicted octanol–water partition coefficient (Wildman–Crippen LogP) is 0.407. The van der Waals surface area contributed by atoms with Crippen molar-refractivity contribution in [3.8, 4) is 0 Å². The van der Waals surface area contributed by atoms with E-state index in [0.717, 1.165) is 0 Å². The van der Waals surface area contributed by atoms with E-state index in [1.807, 2.05) is 6.92 Å². The van der Waals surface area contributed by atoms with E-state index in [9.17, 15) is 14.0 Å². The molecule has 23 heavy (non-hydrogen) atoms. The first-order valence-corrected chi connectivity index (χ1v) is 7.20. The lowest BCUT2D eigenvalue weighted by Crippen LogP contribution is -2.43. The van der Waals surface area contributed by atoms with E-state index >= 15 is 0 Å². The monoisotopic (exact) mass is 323 g/mol. The molecule has 0 aliphatic rings. The van der Waals surface area contributed by atoms with Crippen LogP contribution in [0, 0.1) is 5.82 Å². The third kappa shape index (κ3) is 7.25. The van der Waals surface area contributed by atoms with Crippen molar-refractivity contribution in [1.29, 1.82) is 0 Å². The van der Waals surface area contributed by atoms with Gasteiger partial charge in [-0.05, 0) is 31.2 Å². The van der Waals surface area contributed by atoms with Gasteiger partial charge in [0.15, 0.2) is 5.96 Å². The molecule has 0 fully saturated rings. The van der Waals surface area contributed by atoms with Crippen LogP contribution in [0.25, 0.3) is 0 Å². The lowest BCUT2D eigenvalue weighted by atomic mass is 10.3. The molecule has 1 aromatic rings. The number of benzene rings is 1. The largest absolute Gasteiger partial charge is 0.357 e. The van der Waals surface area contributed by atoms with E-state index in [1.165, 1.54) is 29.2 Å². The summed E-state index contributed by atoms with van der Waals surface area (Å²) < 4.78 is 12.8. The SMILES string of the molecule is CCNC(=NCC(=O)Nc1ccc(F)cc1)NCC(=O)N(C)C. The number of halogens is 1. The molecule has 0 unspecified atom stereocenters. The van der Waals surface area contributed by atoms with Gasteiger partial charge in [-0.15, -0.1) is 0 Å². The molecule has 7 nitrogen and oxygen atoms in total. The van der Waals surface area contributed by atoms with Gasteiger partial charge in [-0.25, -0.2) is 9.38 Å². The summed E-state index contributed by atoms with van der Waals surface area (Å²) in [5, 5.41) is 8.40. The fraction of sp³-hybridized carbons (Fsp3) is 0.400. The van der Waals surface area contributed by atoms with E-state index in [4.69, 9.17) is 0 Å². The maximum absolute atomic E-state index is 12.8. The Hall–Kier alpha value is -2.64. The number of carbonyl (C=O) groups is 2. The van der Waals surface area contributed by atoms with E-state index in [-0.39, 0.29) is 30.7 Å². The van der Waals surface area contributed by atoms with Gasteiger partial charge in [-0.2, -0.15) is 0 Å². The molecular formula is C15H22FN5O2. The zero-order valence-corrected chi connectivity index (χ0v) is 13.5. The van der Waals surface area contributed by atoms with E-state index < -0.39 is 0 Å². The molecule has 0 aliphatic heterocycles. The number of hydrogen-bond donors (Lipinski definition) is 3. The van der Waals surface area contributed by atoms with E-state index in [0.29, 0.717) is 18.2 Å². The zero-order chi connectivity index (χ0) is 17.2. The molecule has 0 radical (unpaired) electrons. The number of likely N-dealkylation sites (N-methyl/N-ethyl adjacent to an activating group) is 1. The van der Waals surface area contributed by atoms with Crippen LogP contribution in [-0.4, -0.2) is 56.4 Å². The molecule has 126 valence electrons. The van der Waals surface area contributed by atoms with Crippen molar-refractivity contribution in [2.75, 3.05) is 39.0 Å². The lowest BCUT2D eigenvalue weighted by molar-refractivity contribution is -0.127. The summed E-state index contributed by atoms with van der Waals surface area (Å²) in [7, 11) is 3.31. The van der Waals surface area contributed by atoms with Crippen LogP contribution in [0.3, 0.4) is 0 Å². The van der Waals surface area contributed by atoms with Gasteiger partial charge in [-0.3, -0.25) is 9.59 Å². The Morgan fingerprint density at radius 1 is 1.17 bits per heavy atom. The van der Waals surface area contributed by atoms with Crippen molar-refractivity contribution in [1.82, 2.24) is 15.5 Å². The number of rotatable bonds is 6. The van der Waals surface area contributed by atoms with Crippen LogP contribution in [0.4, 0.5) is 10.1 Å². The molecule has 0 heterocycles. The van der Waals surface area contributed by atoms with Crippen LogP contribution in [0.15, 0.2) is 29.3 Å². The van der Waals surface area contributed by atoms with Crippen LogP contribution in [0.5, 0.6) is 0 Å². The number of anilines is 1. The quantitative estimate of drug-likeness (QED) is 0.523. The number of amides is 2. The molecule has 2 amide bonds. The first-order chi connectivity index (χ1) is 10.9. The van der Waals surface area contributed by atoms with Gasteiger partial charge in [0.2, 0.25) is 11.8 Å². The Labute approximate surface area is 135 Å². The average molecular weight is 323 g/mol. The molecule has 0 saturated carbocycles. The van der Waals surface area contributed by atoms with Crippen molar-refractivity contribution in [3.63, 3.8) is 0 Å². The Kier molecular flexibility index (Phi) is 7.52. The summed E-state index contributed by atoms with van der Waals surface area (Å²) in [6.45, 7) is 2.44. The number of hydrogen-bond acceptors (Lipinski definition) is 3. The summed E-state index contributed by atoms with van der Waals surface area (Å²) in [6.07, 6.45) is 0. The highest BCUT2D eigenvalue weighted by Crippen LogP contribution is 2.07. The molecule has 0 aromatic heterocycles. The van der Waals surface area contributed by atoms with Crippen LogP contribution in [0.1, 0.15) is 6.92 Å². The smallest absolute Gasteiger partial charge is 0.246 e. The molecule has 0 saturated heterocycles. The van der Waals surface area contributed by atoms with Gasteiger partial charge >= 0.3 is 0 Å². The van der Waals surface area contributed by atoms with Crippen molar-refractivity contribution in [2.24, 2.45) is 4.99 Å². The molecule has 1 rings (SSSR count). The van der Waals surface area contributed by atoms with E-state index in [2.05, 4.69) is 20.9 Å². The molecular weight excluding hydrogens is 301 g/mol. The van der Waals surface area contributed by atoms with Gasteiger partial charge < -0.3 is 20.9 Å². The minimum Gasteiger partial charge on any atom is -0.357 e. The zero-order valence-electron chi connectivity index (χ0n) is 13.5. The third-order valence-corrected chi connectivity index (χ3v) is 2.76. The number of nitrogens with zero attached hydrogens (tertiary/aromatic N) is 2. The molecule has 0 aliphatic carbocycles. The van der Waals surface area contributed by atoms with Crippen molar-refractivity contribution in [3.05, 3.63) is 30.1 Å². The predicted molar refractivity (Wildman–Crippen MR) is 87.7 cm³/mol. The van der Waals surface area contributed by atoms with Gasteiger partial charge in [0.25, 0.3) is 0 Å². The van der Waals surface area contributed by atoms with Crippen molar-refractivity contribution < 1.29 is 14.0 Å². The Bertz CT molecular complexity index is 557. The molecule has 1 aromatic carbocycles. The van der Waals surface area contributed by atoms with Crippen molar-refractivity contribution >= 4 is 23.5 Å². The van der Waals surface area contributed by atoms with Crippen LogP contribution < -0.4 is 16.0 Å². The normalized spacial score (nSPS) is 10.9. The maximum Gasteiger partial charge on any atom is 0.246 e.